The molecule has 0 amide bonds. The highest BCUT2D eigenvalue weighted by molar-refractivity contribution is 7.77. The monoisotopic (exact) mass is 250 g/mol. The molecule has 0 unspecified atom stereocenters. The van der Waals surface area contributed by atoms with E-state index < -0.39 is 0 Å². The van der Waals surface area contributed by atoms with Crippen molar-refractivity contribution in [1.29, 1.82) is 5.26 Å². The molecule has 0 spiro atoms. The topological polar surface area (TPSA) is 47.3 Å². The van der Waals surface area contributed by atoms with Crippen LogP contribution in [0.5, 0.6) is 0 Å². The Morgan fingerprint density at radius 2 is 2.24 bits per heavy atom. The van der Waals surface area contributed by atoms with Crippen LogP contribution in [-0.4, -0.2) is 22.6 Å². The second kappa shape index (κ2) is 7.33. The Balaban J connectivity index is 2.94. The number of benzene rings is 1. The number of aliphatic hydroxyl groups excluding tert-OH is 1. The van der Waals surface area contributed by atoms with Crippen LogP contribution in [0.4, 0.5) is 0 Å². The SMILES string of the molecule is CCCc1c(C#N)cccc1CN(S)CCO. The third kappa shape index (κ3) is 4.04. The van der Waals surface area contributed by atoms with Gasteiger partial charge in [0.1, 0.15) is 0 Å². The molecule has 1 aromatic rings. The zero-order chi connectivity index (χ0) is 12.7. The Hall–Kier alpha value is -1.02. The molecule has 0 radical (unpaired) electrons. The summed E-state index contributed by atoms with van der Waals surface area (Å²) < 4.78 is 1.76. The molecule has 0 aromatic heterocycles. The Morgan fingerprint density at radius 3 is 2.82 bits per heavy atom. The van der Waals surface area contributed by atoms with Crippen LogP contribution in [0.2, 0.25) is 0 Å². The molecule has 0 aliphatic rings. The number of thiol groups is 1. The van der Waals surface area contributed by atoms with E-state index in [1.807, 2.05) is 18.2 Å². The average molecular weight is 250 g/mol. The lowest BCUT2D eigenvalue weighted by atomic mass is 9.97. The molecule has 3 nitrogen and oxygen atoms in total. The highest BCUT2D eigenvalue weighted by Gasteiger charge is 2.09. The number of hydrogen-bond donors (Lipinski definition) is 2. The second-order valence-electron chi connectivity index (χ2n) is 3.92. The van der Waals surface area contributed by atoms with E-state index in [0.717, 1.165) is 29.5 Å². The summed E-state index contributed by atoms with van der Waals surface area (Å²) in [5.41, 5.74) is 2.97. The first-order chi connectivity index (χ1) is 8.22. The minimum absolute atomic E-state index is 0.0878. The number of aliphatic hydroxyl groups is 1. The van der Waals surface area contributed by atoms with E-state index in [-0.39, 0.29) is 6.61 Å². The molecule has 0 saturated heterocycles. The van der Waals surface area contributed by atoms with Crippen molar-refractivity contribution in [2.45, 2.75) is 26.3 Å². The maximum atomic E-state index is 9.08. The van der Waals surface area contributed by atoms with Gasteiger partial charge in [0.2, 0.25) is 0 Å². The van der Waals surface area contributed by atoms with E-state index in [9.17, 15) is 0 Å². The molecule has 0 bridgehead atoms. The Labute approximate surface area is 108 Å². The lowest BCUT2D eigenvalue weighted by molar-refractivity contribution is 0.260. The van der Waals surface area contributed by atoms with Gasteiger partial charge in [-0.3, -0.25) is 0 Å². The summed E-state index contributed by atoms with van der Waals surface area (Å²) in [6.45, 7) is 3.36. The van der Waals surface area contributed by atoms with Crippen LogP contribution in [0.3, 0.4) is 0 Å². The minimum Gasteiger partial charge on any atom is -0.395 e. The highest BCUT2D eigenvalue weighted by Crippen LogP contribution is 2.18. The molecular weight excluding hydrogens is 232 g/mol. The minimum atomic E-state index is 0.0878. The number of rotatable bonds is 6. The van der Waals surface area contributed by atoms with Crippen molar-refractivity contribution >= 4 is 12.8 Å². The zero-order valence-electron chi connectivity index (χ0n) is 10.1. The van der Waals surface area contributed by atoms with Crippen molar-refractivity contribution in [2.75, 3.05) is 13.2 Å². The average Bonchev–Trinajstić information content (AvgIpc) is 2.32. The van der Waals surface area contributed by atoms with Gasteiger partial charge in [-0.2, -0.15) is 5.26 Å². The molecule has 1 rings (SSSR count). The van der Waals surface area contributed by atoms with Gasteiger partial charge in [0, 0.05) is 13.1 Å². The van der Waals surface area contributed by atoms with E-state index in [1.165, 1.54) is 0 Å². The summed E-state index contributed by atoms with van der Waals surface area (Å²) in [6.07, 6.45) is 1.91. The molecule has 0 aliphatic carbocycles. The number of hydrogen-bond acceptors (Lipinski definition) is 4. The first-order valence-corrected chi connectivity index (χ1v) is 6.18. The quantitative estimate of drug-likeness (QED) is 0.761. The fourth-order valence-corrected chi connectivity index (χ4v) is 2.07. The highest BCUT2D eigenvalue weighted by atomic mass is 32.1. The van der Waals surface area contributed by atoms with Crippen LogP contribution >= 0.6 is 12.8 Å². The lowest BCUT2D eigenvalue weighted by Gasteiger charge is -2.17. The van der Waals surface area contributed by atoms with Gasteiger partial charge in [-0.1, -0.05) is 38.3 Å². The Morgan fingerprint density at radius 1 is 1.47 bits per heavy atom. The smallest absolute Gasteiger partial charge is 0.0994 e. The molecule has 17 heavy (non-hydrogen) atoms. The molecule has 0 saturated carbocycles. The van der Waals surface area contributed by atoms with Gasteiger partial charge in [-0.05, 0) is 23.6 Å². The summed E-state index contributed by atoms with van der Waals surface area (Å²) in [4.78, 5) is 0. The predicted molar refractivity (Wildman–Crippen MR) is 71.6 cm³/mol. The van der Waals surface area contributed by atoms with Gasteiger partial charge in [0.05, 0.1) is 18.2 Å². The van der Waals surface area contributed by atoms with E-state index in [2.05, 4.69) is 25.8 Å². The van der Waals surface area contributed by atoms with Crippen molar-refractivity contribution < 1.29 is 5.11 Å². The fraction of sp³-hybridized carbons (Fsp3) is 0.462. The summed E-state index contributed by atoms with van der Waals surface area (Å²) in [7, 11) is 0. The summed E-state index contributed by atoms with van der Waals surface area (Å²) >= 11 is 4.29. The van der Waals surface area contributed by atoms with Crippen LogP contribution in [0.1, 0.15) is 30.0 Å². The third-order valence-corrected chi connectivity index (χ3v) is 2.95. The number of nitrogens with zero attached hydrogens (tertiary/aromatic N) is 2. The predicted octanol–water partition coefficient (Wildman–Crippen LogP) is 2.15. The Bertz CT molecular complexity index is 401. The van der Waals surface area contributed by atoms with E-state index in [4.69, 9.17) is 10.4 Å². The molecule has 0 atom stereocenters. The first kappa shape index (κ1) is 14.0. The van der Waals surface area contributed by atoms with Crippen molar-refractivity contribution in [3.8, 4) is 6.07 Å². The Kier molecular flexibility index (Phi) is 6.06. The molecule has 4 heteroatoms. The van der Waals surface area contributed by atoms with Crippen molar-refractivity contribution in [2.24, 2.45) is 0 Å². The van der Waals surface area contributed by atoms with Crippen LogP contribution in [0, 0.1) is 11.3 Å². The zero-order valence-corrected chi connectivity index (χ0v) is 11.0. The van der Waals surface area contributed by atoms with Crippen LogP contribution in [0.25, 0.3) is 0 Å². The van der Waals surface area contributed by atoms with Gasteiger partial charge >= 0.3 is 0 Å². The molecule has 0 fully saturated rings. The number of nitriles is 1. The van der Waals surface area contributed by atoms with Gasteiger partial charge in [-0.15, -0.1) is 0 Å². The summed E-state index contributed by atoms with van der Waals surface area (Å²) in [6, 6.07) is 8.00. The molecular formula is C13H18N2OS. The summed E-state index contributed by atoms with van der Waals surface area (Å²) in [5, 5.41) is 17.9. The molecule has 0 heterocycles. The largest absolute Gasteiger partial charge is 0.395 e. The van der Waals surface area contributed by atoms with Gasteiger partial charge < -0.3 is 5.11 Å². The van der Waals surface area contributed by atoms with Gasteiger partial charge in [0.15, 0.2) is 0 Å². The van der Waals surface area contributed by atoms with Crippen LogP contribution in [0.15, 0.2) is 18.2 Å². The molecule has 0 aliphatic heterocycles. The third-order valence-electron chi connectivity index (χ3n) is 2.60. The van der Waals surface area contributed by atoms with Crippen LogP contribution in [-0.2, 0) is 13.0 Å². The van der Waals surface area contributed by atoms with Crippen molar-refractivity contribution in [3.05, 3.63) is 34.9 Å². The van der Waals surface area contributed by atoms with Gasteiger partial charge in [0.25, 0.3) is 0 Å². The molecule has 1 aromatic carbocycles. The molecule has 1 N–H and O–H groups in total. The van der Waals surface area contributed by atoms with E-state index in [0.29, 0.717) is 13.1 Å². The second-order valence-corrected chi connectivity index (χ2v) is 4.48. The normalized spacial score (nSPS) is 10.5. The summed E-state index contributed by atoms with van der Waals surface area (Å²) in [5.74, 6) is 0. The van der Waals surface area contributed by atoms with Crippen molar-refractivity contribution in [1.82, 2.24) is 4.31 Å². The van der Waals surface area contributed by atoms with E-state index in [1.54, 1.807) is 4.31 Å². The maximum Gasteiger partial charge on any atom is 0.0994 e. The lowest BCUT2D eigenvalue weighted by Crippen LogP contribution is -2.17. The maximum absolute atomic E-state index is 9.08. The van der Waals surface area contributed by atoms with Gasteiger partial charge in [-0.25, -0.2) is 4.31 Å². The fourth-order valence-electron chi connectivity index (χ4n) is 1.82. The van der Waals surface area contributed by atoms with E-state index >= 15 is 0 Å². The first-order valence-electron chi connectivity index (χ1n) is 5.78. The van der Waals surface area contributed by atoms with Crippen LogP contribution < -0.4 is 0 Å². The van der Waals surface area contributed by atoms with Crippen molar-refractivity contribution in [3.63, 3.8) is 0 Å². The molecule has 92 valence electrons. The standard InChI is InChI=1S/C13H18N2OS/c1-2-4-13-11(9-14)5-3-6-12(13)10-15(17)7-8-16/h3,5-6,16-17H,2,4,7-8,10H2,1H3.